The summed E-state index contributed by atoms with van der Waals surface area (Å²) in [6.07, 6.45) is 8.42. The van der Waals surface area contributed by atoms with Gasteiger partial charge in [-0.1, -0.05) is 152 Å². The van der Waals surface area contributed by atoms with Gasteiger partial charge in [0.05, 0.1) is 173 Å². The summed E-state index contributed by atoms with van der Waals surface area (Å²) < 4.78 is 69.6. The van der Waals surface area contributed by atoms with E-state index >= 15 is 0 Å². The number of aromatic nitrogens is 5. The number of nitrogens with one attached hydrogen (secondary N) is 4. The Morgan fingerprint density at radius 3 is 1.74 bits per heavy atom. The van der Waals surface area contributed by atoms with Crippen molar-refractivity contribution in [2.75, 3.05) is 167 Å². The number of rotatable bonds is 74. The molecule has 1 fully saturated rings. The number of Topliss-reactive ketones (excluding diaryl/α,β-unsaturated/α-hetero) is 4. The molecule has 0 unspecified atom stereocenters. The quantitative estimate of drug-likeness (QED) is 0.0107. The van der Waals surface area contributed by atoms with Gasteiger partial charge in [0.2, 0.25) is 29.5 Å². The highest BCUT2D eigenvalue weighted by Crippen LogP contribution is 2.32. The van der Waals surface area contributed by atoms with E-state index in [9.17, 15) is 62.6 Å². The second kappa shape index (κ2) is 67.5. The van der Waals surface area contributed by atoms with Crippen molar-refractivity contribution in [3.8, 4) is 11.8 Å². The summed E-state index contributed by atoms with van der Waals surface area (Å²) in [6.45, 7) is 23.0. The van der Waals surface area contributed by atoms with Gasteiger partial charge in [-0.15, -0.1) is 5.10 Å². The van der Waals surface area contributed by atoms with Crippen molar-refractivity contribution in [1.29, 1.82) is 0 Å². The fourth-order valence-corrected chi connectivity index (χ4v) is 16.0. The summed E-state index contributed by atoms with van der Waals surface area (Å²) in [5.74, 6) is -2.03. The molecule has 8 amide bonds. The van der Waals surface area contributed by atoms with E-state index in [1.165, 1.54) is 37.9 Å². The van der Waals surface area contributed by atoms with E-state index in [1.807, 2.05) is 40.0 Å². The fraction of sp³-hybridized carbons (Fsp3) is 0.673. The number of likely N-dealkylation sites (tertiary alicyclic amines) is 1. The normalized spacial score (nSPS) is 14.8. The van der Waals surface area contributed by atoms with E-state index < -0.39 is 108 Å². The van der Waals surface area contributed by atoms with Gasteiger partial charge in [0.15, 0.2) is 28.3 Å². The van der Waals surface area contributed by atoms with Crippen LogP contribution in [0.4, 0.5) is 9.59 Å². The Morgan fingerprint density at radius 1 is 0.613 bits per heavy atom. The summed E-state index contributed by atoms with van der Waals surface area (Å²) >= 11 is 1.47. The highest BCUT2D eigenvalue weighted by molar-refractivity contribution is 7.98. The van der Waals surface area contributed by atoms with Crippen LogP contribution in [0.2, 0.25) is 0 Å². The van der Waals surface area contributed by atoms with Crippen LogP contribution < -0.4 is 27.0 Å². The number of nitrogens with zero attached hydrogens (tertiary/aromatic N) is 8. The molecule has 7 N–H and O–H groups in total. The molecule has 5 rings (SSSR count). The van der Waals surface area contributed by atoms with Gasteiger partial charge in [-0.25, -0.2) is 29.0 Å². The zero-order valence-electron chi connectivity index (χ0n) is 82.7. The first-order valence-electron chi connectivity index (χ1n) is 47.6. The Bertz CT molecular complexity index is 4310. The molecule has 3 heterocycles. The van der Waals surface area contributed by atoms with Crippen molar-refractivity contribution in [3.05, 3.63) is 101 Å². The second-order valence-corrected chi connectivity index (χ2v) is 35.8. The molecule has 0 spiro atoms. The van der Waals surface area contributed by atoms with Gasteiger partial charge in [-0.05, 0) is 85.1 Å². The maximum Gasteiger partial charge on any atom is 0.410 e. The van der Waals surface area contributed by atoms with Gasteiger partial charge in [0.1, 0.15) is 31.6 Å². The Labute approximate surface area is 811 Å². The molecule has 4 aromatic rings. The molecule has 0 radical (unpaired) electrons. The highest BCUT2D eigenvalue weighted by atomic mass is 32.2. The maximum atomic E-state index is 15.0. The van der Waals surface area contributed by atoms with Gasteiger partial charge < -0.3 is 104 Å². The van der Waals surface area contributed by atoms with Gasteiger partial charge in [0, 0.05) is 117 Å². The smallest absolute Gasteiger partial charge is 0.410 e. The standard InChI is InChI=1S/C98H151N13O25S/c1-15-70(8)90(86(125-12)59-88(117)111-37-23-30-83(111)91(126-13)71(9)92(118)105-82(95(121)122)55-72-25-18-16-19-26-72)108(10)94(120)80(68(4)5)58-85(115)89(69(6)7)109(11)98(124)136-64-74-34-32-73(33-35-74)56-84(114)81(29-22-36-100-96(99)123)104-93(119)79(67(2)3)57-78(113)66-135-65-77(112)28-24-39-127-41-43-129-45-47-131-49-51-133-53-54-134-52-50-132-48-46-130-44-42-128-40-38-110-63-76(106-107-110)62-101-87(116)31-21-17-20-27-75-60-102-97(137-14)103-61-75/h16,18-19,25-26,32-35,60-61,63,67-71,79-83,86,89-91H,15,17,21-24,28-31,36-59,62,64-66H2,1-14H3,(H,101,116)(H,104,119)(H,105,118)(H,121,122)(H3,99,100,123)/t70-,71+,79-,80-,81-,82-,83-,86+,89-,90-,91+/m0/s1. The van der Waals surface area contributed by atoms with Crippen LogP contribution in [0, 0.1) is 53.3 Å². The van der Waals surface area contributed by atoms with E-state index in [0.717, 1.165) is 11.1 Å². The third-order valence-corrected chi connectivity index (χ3v) is 24.1. The summed E-state index contributed by atoms with van der Waals surface area (Å²) in [6, 6.07) is 10.6. The summed E-state index contributed by atoms with van der Waals surface area (Å²) in [7, 11) is 6.08. The van der Waals surface area contributed by atoms with E-state index in [4.69, 9.17) is 62.6 Å². The first kappa shape index (κ1) is 118. The lowest BCUT2D eigenvalue weighted by molar-refractivity contribution is -0.149. The molecule has 137 heavy (non-hydrogen) atoms. The van der Waals surface area contributed by atoms with Crippen LogP contribution in [-0.4, -0.2) is 325 Å². The van der Waals surface area contributed by atoms with Gasteiger partial charge in [0.25, 0.3) is 0 Å². The van der Waals surface area contributed by atoms with Gasteiger partial charge in [-0.2, -0.15) is 0 Å². The van der Waals surface area contributed by atoms with Crippen LogP contribution >= 0.6 is 11.8 Å². The number of primary amides is 1. The van der Waals surface area contributed by atoms with Crippen LogP contribution in [0.3, 0.4) is 0 Å². The van der Waals surface area contributed by atoms with Crippen molar-refractivity contribution in [1.82, 2.24) is 60.9 Å². The molecule has 38 nitrogen and oxygen atoms in total. The molecular weight excluding hydrogens is 1790 g/mol. The topological polar surface area (TPSA) is 476 Å². The zero-order chi connectivity index (χ0) is 100. The molecule has 2 aromatic heterocycles. The number of amides is 8. The number of benzene rings is 2. The van der Waals surface area contributed by atoms with E-state index in [0.29, 0.717) is 186 Å². The minimum absolute atomic E-state index is 0.0739. The lowest BCUT2D eigenvalue weighted by atomic mass is 9.83. The highest BCUT2D eigenvalue weighted by Gasteiger charge is 2.45. The number of aliphatic carboxylic acids is 1. The molecule has 1 aliphatic heterocycles. The molecule has 1 saturated heterocycles. The molecule has 764 valence electrons. The number of unbranched alkanes of at least 4 members (excludes halogenated alkanes) is 1. The zero-order valence-corrected chi connectivity index (χ0v) is 83.5. The van der Waals surface area contributed by atoms with Crippen LogP contribution in [0.25, 0.3) is 0 Å². The van der Waals surface area contributed by atoms with Crippen molar-refractivity contribution in [2.24, 2.45) is 47.2 Å². The third kappa shape index (κ3) is 45.8. The Morgan fingerprint density at radius 2 is 1.19 bits per heavy atom. The van der Waals surface area contributed by atoms with Gasteiger partial charge >= 0.3 is 18.1 Å². The SMILES string of the molecule is CC[C@H](C)[C@@H]([C@@H](CC(=O)N1CCC[C@H]1[C@H](OC)[C@@H](C)C(=O)N[C@@H](Cc1ccccc1)C(=O)O)OC)N(C)C(=O)[C@@H](CC(=O)[C@H](C(C)C)N(C)C(=O)OCc1ccc(CC(=O)[C@H](CCCNC(N)=O)NC(=O)[C@@H](CC(=O)COCC(=O)CCCOCCOCCOCCOCCOCCOCCOCCOCCn2cc(CNC(=O)CCCC#Cc3cnc(SC)nc3)nn2)C(C)C)cc1)C(C)C. The molecular formula is C98H151N13O25S. The minimum Gasteiger partial charge on any atom is -0.480 e. The third-order valence-electron chi connectivity index (χ3n) is 23.5. The first-order chi connectivity index (χ1) is 65.8. The number of thioether (sulfide) groups is 1. The molecule has 0 saturated carbocycles. The van der Waals surface area contributed by atoms with Crippen LogP contribution in [0.5, 0.6) is 0 Å². The average molecular weight is 1940 g/mol. The van der Waals surface area contributed by atoms with Crippen molar-refractivity contribution in [2.45, 2.75) is 226 Å². The lowest BCUT2D eigenvalue weighted by Crippen LogP contribution is -2.55. The van der Waals surface area contributed by atoms with Crippen molar-refractivity contribution in [3.63, 3.8) is 0 Å². The molecule has 0 bridgehead atoms. The second-order valence-electron chi connectivity index (χ2n) is 35.0. The number of carboxylic acid groups (broad SMARTS) is 1. The molecule has 2 aromatic carbocycles. The maximum absolute atomic E-state index is 15.0. The number of carbonyl (C=O) groups is 12. The monoisotopic (exact) mass is 1940 g/mol. The summed E-state index contributed by atoms with van der Waals surface area (Å²) in [5.41, 5.74) is 8.58. The number of hydrogen-bond donors (Lipinski definition) is 6. The van der Waals surface area contributed by atoms with Crippen LogP contribution in [0.15, 0.2) is 78.3 Å². The van der Waals surface area contributed by atoms with E-state index in [-0.39, 0.29) is 130 Å². The molecule has 0 aliphatic carbocycles. The Hall–Kier alpha value is -9.83. The van der Waals surface area contributed by atoms with E-state index in [2.05, 4.69) is 53.4 Å². The number of nitrogens with two attached hydrogens (primary N) is 1. The number of ketones is 4. The molecule has 1 aliphatic rings. The number of methoxy groups -OCH3 is 2. The van der Waals surface area contributed by atoms with Crippen molar-refractivity contribution >= 4 is 82.5 Å². The van der Waals surface area contributed by atoms with Crippen molar-refractivity contribution < 1.29 is 119 Å². The number of carboxylic acids is 1. The first-order valence-corrected chi connectivity index (χ1v) is 48.8. The van der Waals surface area contributed by atoms with Gasteiger partial charge in [-0.3, -0.25) is 43.2 Å². The summed E-state index contributed by atoms with van der Waals surface area (Å²) in [5, 5.41) is 29.9. The summed E-state index contributed by atoms with van der Waals surface area (Å²) in [4.78, 5) is 175. The van der Waals surface area contributed by atoms with E-state index in [1.54, 1.807) is 123 Å². The number of likely N-dealkylation sites (N-methyl/N-ethyl adjacent to an activating group) is 2. The number of urea groups is 1. The average Bonchev–Trinajstić information content (AvgIpc) is 1.79. The predicted molar refractivity (Wildman–Crippen MR) is 510 cm³/mol. The number of carbonyl (C=O) groups excluding carboxylic acids is 11. The lowest BCUT2D eigenvalue weighted by Gasteiger charge is -2.41. The minimum atomic E-state index is -1.20. The Balaban J connectivity index is 0.918. The number of ether oxygens (including phenoxy) is 12. The number of hydrogen-bond acceptors (Lipinski definition) is 29. The molecule has 11 atom stereocenters. The van der Waals surface area contributed by atoms with Crippen LogP contribution in [0.1, 0.15) is 174 Å². The largest absolute Gasteiger partial charge is 0.480 e. The molecule has 39 heteroatoms. The van der Waals surface area contributed by atoms with Crippen LogP contribution in [-0.2, 0) is 137 Å². The predicted octanol–water partition coefficient (Wildman–Crippen LogP) is 7.66. The Kier molecular flexibility index (Phi) is 57.9. The fourth-order valence-electron chi connectivity index (χ4n) is 15.7.